The quantitative estimate of drug-likeness (QED) is 0.749. The fourth-order valence-electron chi connectivity index (χ4n) is 1.52. The number of carbonyl (C=O) groups is 1. The number of carbonyl (C=O) groups excluding carboxylic acids is 1. The molecule has 100 valence electrons. The van der Waals surface area contributed by atoms with Crippen LogP contribution in [0.4, 0.5) is 0 Å². The van der Waals surface area contributed by atoms with Gasteiger partial charge in [-0.25, -0.2) is 0 Å². The Balaban J connectivity index is 2.60. The van der Waals surface area contributed by atoms with Crippen molar-refractivity contribution >= 4 is 33.6 Å². The molecule has 1 unspecified atom stereocenters. The molecule has 1 rings (SSSR count). The Morgan fingerprint density at radius 1 is 1.56 bits per heavy atom. The Bertz CT molecular complexity index is 400. The minimum absolute atomic E-state index is 0.0257. The zero-order valence-electron chi connectivity index (χ0n) is 11.0. The van der Waals surface area contributed by atoms with Crippen molar-refractivity contribution < 1.29 is 4.79 Å². The van der Waals surface area contributed by atoms with Crippen molar-refractivity contribution in [2.75, 3.05) is 18.6 Å². The maximum Gasteiger partial charge on any atom is 0.255 e. The summed E-state index contributed by atoms with van der Waals surface area (Å²) >= 11 is 5.24. The van der Waals surface area contributed by atoms with E-state index < -0.39 is 0 Å². The summed E-state index contributed by atoms with van der Waals surface area (Å²) in [6, 6.07) is 2.05. The van der Waals surface area contributed by atoms with Gasteiger partial charge < -0.3 is 4.90 Å². The molecule has 18 heavy (non-hydrogen) atoms. The van der Waals surface area contributed by atoms with Crippen LogP contribution in [0.15, 0.2) is 22.9 Å². The van der Waals surface area contributed by atoms with Gasteiger partial charge in [-0.15, -0.1) is 0 Å². The molecule has 1 atom stereocenters. The molecule has 0 aliphatic heterocycles. The zero-order chi connectivity index (χ0) is 13.5. The Morgan fingerprint density at radius 2 is 2.28 bits per heavy atom. The maximum atomic E-state index is 12.2. The van der Waals surface area contributed by atoms with Crippen LogP contribution >= 0.6 is 27.7 Å². The number of halogens is 1. The standard InChI is InChI=1S/C13H19BrN2OS/c1-4-18-6-5-10(2)16(3)13(17)11-7-12(14)9-15-8-11/h7-10H,4-6H2,1-3H3. The normalized spacial score (nSPS) is 12.2. The van der Waals surface area contributed by atoms with Crippen molar-refractivity contribution in [1.29, 1.82) is 0 Å². The smallest absolute Gasteiger partial charge is 0.255 e. The summed E-state index contributed by atoms with van der Waals surface area (Å²) in [5.41, 5.74) is 0.627. The molecule has 5 heteroatoms. The third kappa shape index (κ3) is 4.61. The van der Waals surface area contributed by atoms with Crippen LogP contribution in [0.5, 0.6) is 0 Å². The van der Waals surface area contributed by atoms with Gasteiger partial charge in [-0.3, -0.25) is 9.78 Å². The molecule has 0 radical (unpaired) electrons. The van der Waals surface area contributed by atoms with Gasteiger partial charge in [-0.2, -0.15) is 11.8 Å². The summed E-state index contributed by atoms with van der Waals surface area (Å²) in [4.78, 5) is 18.0. The van der Waals surface area contributed by atoms with Crippen LogP contribution in [-0.4, -0.2) is 40.4 Å². The Kier molecular flexibility index (Phi) is 6.71. The number of nitrogens with zero attached hydrogens (tertiary/aromatic N) is 2. The van der Waals surface area contributed by atoms with Crippen LogP contribution in [0, 0.1) is 0 Å². The monoisotopic (exact) mass is 330 g/mol. The van der Waals surface area contributed by atoms with E-state index in [4.69, 9.17) is 0 Å². The molecule has 3 nitrogen and oxygen atoms in total. The molecule has 1 aromatic heterocycles. The highest BCUT2D eigenvalue weighted by atomic mass is 79.9. The van der Waals surface area contributed by atoms with E-state index >= 15 is 0 Å². The molecule has 0 saturated heterocycles. The number of hydrogen-bond donors (Lipinski definition) is 0. The topological polar surface area (TPSA) is 33.2 Å². The molecule has 1 heterocycles. The van der Waals surface area contributed by atoms with E-state index in [-0.39, 0.29) is 11.9 Å². The van der Waals surface area contributed by atoms with E-state index in [2.05, 4.69) is 34.8 Å². The van der Waals surface area contributed by atoms with Crippen molar-refractivity contribution in [2.45, 2.75) is 26.3 Å². The van der Waals surface area contributed by atoms with Gasteiger partial charge in [0.1, 0.15) is 0 Å². The van der Waals surface area contributed by atoms with E-state index in [1.165, 1.54) is 0 Å². The van der Waals surface area contributed by atoms with Gasteiger partial charge in [0.15, 0.2) is 0 Å². The lowest BCUT2D eigenvalue weighted by atomic mass is 10.2. The molecule has 0 bridgehead atoms. The van der Waals surface area contributed by atoms with Crippen LogP contribution in [0.3, 0.4) is 0 Å². The van der Waals surface area contributed by atoms with Crippen LogP contribution in [0.1, 0.15) is 30.6 Å². The lowest BCUT2D eigenvalue weighted by molar-refractivity contribution is 0.0741. The van der Waals surface area contributed by atoms with Gasteiger partial charge in [0.25, 0.3) is 5.91 Å². The number of rotatable bonds is 6. The summed E-state index contributed by atoms with van der Waals surface area (Å²) in [6.45, 7) is 4.23. The molecule has 0 fully saturated rings. The van der Waals surface area contributed by atoms with Gasteiger partial charge in [0, 0.05) is 30.0 Å². The second-order valence-corrected chi connectivity index (χ2v) is 6.45. The van der Waals surface area contributed by atoms with Crippen molar-refractivity contribution in [1.82, 2.24) is 9.88 Å². The van der Waals surface area contributed by atoms with E-state index in [1.807, 2.05) is 18.8 Å². The minimum Gasteiger partial charge on any atom is -0.339 e. The fourth-order valence-corrected chi connectivity index (χ4v) is 2.69. The highest BCUT2D eigenvalue weighted by Crippen LogP contribution is 2.14. The summed E-state index contributed by atoms with van der Waals surface area (Å²) in [6.07, 6.45) is 4.30. The molecule has 0 aliphatic carbocycles. The Morgan fingerprint density at radius 3 is 2.89 bits per heavy atom. The first-order valence-electron chi connectivity index (χ1n) is 6.01. The molecule has 0 N–H and O–H groups in total. The van der Waals surface area contributed by atoms with Gasteiger partial charge in [-0.05, 0) is 46.8 Å². The molecule has 0 aliphatic rings. The predicted octanol–water partition coefficient (Wildman–Crippen LogP) is 3.45. The summed E-state index contributed by atoms with van der Waals surface area (Å²) in [5.74, 6) is 2.24. The largest absolute Gasteiger partial charge is 0.339 e. The number of aromatic nitrogens is 1. The van der Waals surface area contributed by atoms with Crippen LogP contribution in [0.2, 0.25) is 0 Å². The number of hydrogen-bond acceptors (Lipinski definition) is 3. The van der Waals surface area contributed by atoms with E-state index in [0.29, 0.717) is 5.56 Å². The fraction of sp³-hybridized carbons (Fsp3) is 0.538. The maximum absolute atomic E-state index is 12.2. The molecule has 0 aromatic carbocycles. The van der Waals surface area contributed by atoms with Gasteiger partial charge in [0.05, 0.1) is 5.56 Å². The number of thioether (sulfide) groups is 1. The molecular weight excluding hydrogens is 312 g/mol. The molecule has 1 amide bonds. The highest BCUT2D eigenvalue weighted by molar-refractivity contribution is 9.10. The third-order valence-electron chi connectivity index (χ3n) is 2.82. The lowest BCUT2D eigenvalue weighted by Gasteiger charge is -2.24. The van der Waals surface area contributed by atoms with Crippen LogP contribution < -0.4 is 0 Å². The Hall–Kier alpha value is -0.550. The SMILES string of the molecule is CCSCCC(C)N(C)C(=O)c1cncc(Br)c1. The van der Waals surface area contributed by atoms with Crippen molar-refractivity contribution in [2.24, 2.45) is 0 Å². The van der Waals surface area contributed by atoms with Gasteiger partial charge in [0.2, 0.25) is 0 Å². The van der Waals surface area contributed by atoms with E-state index in [1.54, 1.807) is 23.4 Å². The molecular formula is C13H19BrN2OS. The first-order chi connectivity index (χ1) is 8.56. The van der Waals surface area contributed by atoms with Crippen LogP contribution in [0.25, 0.3) is 0 Å². The summed E-state index contributed by atoms with van der Waals surface area (Å²) in [7, 11) is 1.85. The Labute approximate surface area is 121 Å². The van der Waals surface area contributed by atoms with Gasteiger partial charge in [-0.1, -0.05) is 6.92 Å². The number of amides is 1. The van der Waals surface area contributed by atoms with E-state index in [0.717, 1.165) is 22.4 Å². The predicted molar refractivity (Wildman–Crippen MR) is 81.1 cm³/mol. The molecule has 0 spiro atoms. The van der Waals surface area contributed by atoms with Crippen molar-refractivity contribution in [3.63, 3.8) is 0 Å². The number of pyridine rings is 1. The highest BCUT2D eigenvalue weighted by Gasteiger charge is 2.17. The summed E-state index contributed by atoms with van der Waals surface area (Å²) < 4.78 is 0.830. The first kappa shape index (κ1) is 15.5. The average Bonchev–Trinajstić information content (AvgIpc) is 2.37. The van der Waals surface area contributed by atoms with Crippen LogP contribution in [-0.2, 0) is 0 Å². The van der Waals surface area contributed by atoms with Crippen molar-refractivity contribution in [3.05, 3.63) is 28.5 Å². The van der Waals surface area contributed by atoms with Gasteiger partial charge >= 0.3 is 0 Å². The first-order valence-corrected chi connectivity index (χ1v) is 7.96. The second kappa shape index (κ2) is 7.79. The molecule has 0 saturated carbocycles. The minimum atomic E-state index is 0.0257. The van der Waals surface area contributed by atoms with Crippen molar-refractivity contribution in [3.8, 4) is 0 Å². The third-order valence-corrected chi connectivity index (χ3v) is 4.18. The lowest BCUT2D eigenvalue weighted by Crippen LogP contribution is -2.35. The van der Waals surface area contributed by atoms with E-state index in [9.17, 15) is 4.79 Å². The average molecular weight is 331 g/mol. The second-order valence-electron chi connectivity index (χ2n) is 4.14. The molecule has 1 aromatic rings. The summed E-state index contributed by atoms with van der Waals surface area (Å²) in [5, 5.41) is 0. The zero-order valence-corrected chi connectivity index (χ0v) is 13.4.